The highest BCUT2D eigenvalue weighted by molar-refractivity contribution is 5.79. The number of carbonyl (C=O) groups is 1. The number of hydrogen-bond donors (Lipinski definition) is 0. The predicted octanol–water partition coefficient (Wildman–Crippen LogP) is 3.71. The van der Waals surface area contributed by atoms with Gasteiger partial charge in [0.15, 0.2) is 0 Å². The molecule has 0 bridgehead atoms. The third kappa shape index (κ3) is 4.06. The van der Waals surface area contributed by atoms with E-state index >= 15 is 0 Å². The summed E-state index contributed by atoms with van der Waals surface area (Å²) in [5.74, 6) is 2.33. The molecule has 26 heavy (non-hydrogen) atoms. The summed E-state index contributed by atoms with van der Waals surface area (Å²) in [5.41, 5.74) is 0.851. The highest BCUT2D eigenvalue weighted by Crippen LogP contribution is 2.29. The Hall–Kier alpha value is -2.37. The molecule has 0 N–H and O–H groups in total. The first-order valence-electron chi connectivity index (χ1n) is 9.39. The maximum absolute atomic E-state index is 12.7. The van der Waals surface area contributed by atoms with Gasteiger partial charge in [-0.2, -0.15) is 4.98 Å². The lowest BCUT2D eigenvalue weighted by Gasteiger charge is -2.35. The Morgan fingerprint density at radius 3 is 2.88 bits per heavy atom. The monoisotopic (exact) mass is 357 g/mol. The predicted molar refractivity (Wildman–Crippen MR) is 98.8 cm³/mol. The molecule has 1 aromatic heterocycles. The maximum Gasteiger partial charge on any atom is 0.228 e. The van der Waals surface area contributed by atoms with Crippen LogP contribution in [0.5, 0.6) is 5.75 Å². The molecule has 140 valence electrons. The van der Waals surface area contributed by atoms with Crippen molar-refractivity contribution in [3.63, 3.8) is 0 Å². The minimum absolute atomic E-state index is 0.207. The minimum Gasteiger partial charge on any atom is -0.497 e. The fraction of sp³-hybridized carbons (Fsp3) is 0.550. The van der Waals surface area contributed by atoms with Gasteiger partial charge < -0.3 is 14.2 Å². The number of methoxy groups -OCH3 is 1. The molecule has 1 aliphatic carbocycles. The van der Waals surface area contributed by atoms with Crippen LogP contribution in [0, 0.1) is 5.92 Å². The van der Waals surface area contributed by atoms with Gasteiger partial charge >= 0.3 is 0 Å². The van der Waals surface area contributed by atoms with Crippen LogP contribution in [0.15, 0.2) is 28.8 Å². The van der Waals surface area contributed by atoms with Gasteiger partial charge in [0.05, 0.1) is 7.11 Å². The summed E-state index contributed by atoms with van der Waals surface area (Å²) >= 11 is 0. The molecule has 0 radical (unpaired) electrons. The zero-order valence-corrected chi connectivity index (χ0v) is 15.8. The number of aromatic nitrogens is 2. The van der Waals surface area contributed by atoms with E-state index in [1.54, 1.807) is 7.11 Å². The fourth-order valence-electron chi connectivity index (χ4n) is 3.11. The van der Waals surface area contributed by atoms with Crippen molar-refractivity contribution in [2.75, 3.05) is 13.7 Å². The van der Waals surface area contributed by atoms with Crippen LogP contribution in [0.2, 0.25) is 0 Å². The SMILES string of the molecule is CCC(C)N(CCc1nc(-c2cccc(OC)c2)no1)C(=O)C1CCC1. The van der Waals surface area contributed by atoms with Crippen molar-refractivity contribution in [1.29, 1.82) is 0 Å². The Balaban J connectivity index is 1.66. The van der Waals surface area contributed by atoms with Crippen molar-refractivity contribution >= 4 is 5.91 Å². The second kappa shape index (κ2) is 8.34. The van der Waals surface area contributed by atoms with Gasteiger partial charge in [0.2, 0.25) is 17.6 Å². The highest BCUT2D eigenvalue weighted by atomic mass is 16.5. The highest BCUT2D eigenvalue weighted by Gasteiger charge is 2.31. The zero-order valence-electron chi connectivity index (χ0n) is 15.8. The van der Waals surface area contributed by atoms with Crippen molar-refractivity contribution < 1.29 is 14.1 Å². The molecule has 0 saturated heterocycles. The van der Waals surface area contributed by atoms with Crippen molar-refractivity contribution in [1.82, 2.24) is 15.0 Å². The first-order valence-corrected chi connectivity index (χ1v) is 9.39. The molecular weight excluding hydrogens is 330 g/mol. The molecule has 1 unspecified atom stereocenters. The summed E-state index contributed by atoms with van der Waals surface area (Å²) in [5, 5.41) is 4.07. The van der Waals surface area contributed by atoms with Crippen LogP contribution in [0.4, 0.5) is 0 Å². The van der Waals surface area contributed by atoms with E-state index in [0.717, 1.165) is 37.0 Å². The number of benzene rings is 1. The molecule has 6 heteroatoms. The number of ether oxygens (including phenoxy) is 1. The molecule has 1 atom stereocenters. The second-order valence-corrected chi connectivity index (χ2v) is 6.91. The van der Waals surface area contributed by atoms with Crippen LogP contribution in [0.3, 0.4) is 0 Å². The zero-order chi connectivity index (χ0) is 18.5. The van der Waals surface area contributed by atoms with Gasteiger partial charge in [-0.1, -0.05) is 30.6 Å². The Labute approximate surface area is 154 Å². The van der Waals surface area contributed by atoms with Crippen LogP contribution in [-0.4, -0.2) is 40.6 Å². The van der Waals surface area contributed by atoms with E-state index in [0.29, 0.717) is 24.7 Å². The van der Waals surface area contributed by atoms with E-state index in [1.165, 1.54) is 0 Å². The average molecular weight is 357 g/mol. The molecule has 2 aromatic rings. The number of nitrogens with zero attached hydrogens (tertiary/aromatic N) is 3. The lowest BCUT2D eigenvalue weighted by atomic mass is 9.84. The van der Waals surface area contributed by atoms with Gasteiger partial charge in [0.1, 0.15) is 5.75 Å². The van der Waals surface area contributed by atoms with Crippen LogP contribution in [-0.2, 0) is 11.2 Å². The number of amides is 1. The average Bonchev–Trinajstić information content (AvgIpc) is 3.09. The van der Waals surface area contributed by atoms with Crippen LogP contribution < -0.4 is 4.74 Å². The van der Waals surface area contributed by atoms with Gasteiger partial charge in [-0.25, -0.2) is 0 Å². The molecule has 1 amide bonds. The van der Waals surface area contributed by atoms with E-state index < -0.39 is 0 Å². The van der Waals surface area contributed by atoms with Gasteiger partial charge in [-0.15, -0.1) is 0 Å². The van der Waals surface area contributed by atoms with E-state index in [-0.39, 0.29) is 17.9 Å². The standard InChI is InChI=1S/C20H27N3O3/c1-4-14(2)23(20(24)15-7-5-8-15)12-11-18-21-19(22-26-18)16-9-6-10-17(13-16)25-3/h6,9-10,13-15H,4-5,7-8,11-12H2,1-3H3. The van der Waals surface area contributed by atoms with Gasteiger partial charge in [-0.3, -0.25) is 4.79 Å². The maximum atomic E-state index is 12.7. The minimum atomic E-state index is 0.207. The van der Waals surface area contributed by atoms with Crippen LogP contribution >= 0.6 is 0 Å². The molecule has 1 aliphatic rings. The van der Waals surface area contributed by atoms with Gasteiger partial charge in [-0.05, 0) is 38.3 Å². The molecule has 0 aliphatic heterocycles. The van der Waals surface area contributed by atoms with Gasteiger partial charge in [0, 0.05) is 30.5 Å². The summed E-state index contributed by atoms with van der Waals surface area (Å²) in [6.07, 6.45) is 4.72. The van der Waals surface area contributed by atoms with Crippen LogP contribution in [0.25, 0.3) is 11.4 Å². The molecule has 3 rings (SSSR count). The van der Waals surface area contributed by atoms with E-state index in [2.05, 4.69) is 24.0 Å². The van der Waals surface area contributed by atoms with Crippen molar-refractivity contribution in [2.24, 2.45) is 5.92 Å². The first kappa shape index (κ1) is 18.4. The largest absolute Gasteiger partial charge is 0.497 e. The summed E-state index contributed by atoms with van der Waals surface area (Å²) < 4.78 is 10.6. The third-order valence-corrected chi connectivity index (χ3v) is 5.22. The second-order valence-electron chi connectivity index (χ2n) is 6.91. The topological polar surface area (TPSA) is 68.5 Å². The quantitative estimate of drug-likeness (QED) is 0.720. The summed E-state index contributed by atoms with van der Waals surface area (Å²) in [6.45, 7) is 4.83. The summed E-state index contributed by atoms with van der Waals surface area (Å²) in [6, 6.07) is 7.79. The molecular formula is C20H27N3O3. The molecule has 1 saturated carbocycles. The summed E-state index contributed by atoms with van der Waals surface area (Å²) in [4.78, 5) is 19.2. The van der Waals surface area contributed by atoms with Crippen molar-refractivity contribution in [3.8, 4) is 17.1 Å². The first-order chi connectivity index (χ1) is 12.6. The van der Waals surface area contributed by atoms with Gasteiger partial charge in [0.25, 0.3) is 0 Å². The van der Waals surface area contributed by atoms with E-state index in [1.807, 2.05) is 29.2 Å². The van der Waals surface area contributed by atoms with E-state index in [4.69, 9.17) is 9.26 Å². The molecule has 6 nitrogen and oxygen atoms in total. The van der Waals surface area contributed by atoms with E-state index in [9.17, 15) is 4.79 Å². The van der Waals surface area contributed by atoms with Crippen molar-refractivity contribution in [3.05, 3.63) is 30.2 Å². The summed E-state index contributed by atoms with van der Waals surface area (Å²) in [7, 11) is 1.63. The molecule has 1 heterocycles. The molecule has 0 spiro atoms. The number of rotatable bonds is 8. The molecule has 1 fully saturated rings. The Kier molecular flexibility index (Phi) is 5.91. The Morgan fingerprint density at radius 1 is 1.42 bits per heavy atom. The lowest BCUT2D eigenvalue weighted by Crippen LogP contribution is -2.44. The normalized spacial score (nSPS) is 15.3. The Morgan fingerprint density at radius 2 is 2.23 bits per heavy atom. The fourth-order valence-corrected chi connectivity index (χ4v) is 3.11. The smallest absolute Gasteiger partial charge is 0.228 e. The molecule has 1 aromatic carbocycles. The van der Waals surface area contributed by atoms with Crippen LogP contribution in [0.1, 0.15) is 45.4 Å². The Bertz CT molecular complexity index is 739. The van der Waals surface area contributed by atoms with Crippen molar-refractivity contribution in [2.45, 2.75) is 52.0 Å². The third-order valence-electron chi connectivity index (χ3n) is 5.22. The number of carbonyl (C=O) groups excluding carboxylic acids is 1. The lowest BCUT2D eigenvalue weighted by molar-refractivity contribution is -0.140. The number of hydrogen-bond acceptors (Lipinski definition) is 5.